The number of likely N-dealkylation sites (N-methyl/N-ethyl adjacent to an activating group) is 1. The molecule has 1 aromatic rings. The molecule has 1 N–H and O–H groups in total. The van der Waals surface area contributed by atoms with Crippen molar-refractivity contribution in [2.24, 2.45) is 5.92 Å². The maximum absolute atomic E-state index is 3.55. The zero-order chi connectivity index (χ0) is 15.4. The molecular formula is C18H31N3. The molecule has 0 radical (unpaired) electrons. The highest BCUT2D eigenvalue weighted by Gasteiger charge is 2.30. The molecule has 1 fully saturated rings. The van der Waals surface area contributed by atoms with Crippen LogP contribution in [0, 0.1) is 5.92 Å². The van der Waals surface area contributed by atoms with E-state index in [9.17, 15) is 0 Å². The van der Waals surface area contributed by atoms with Crippen LogP contribution in [-0.4, -0.2) is 44.7 Å². The minimum absolute atomic E-state index is 0.436. The van der Waals surface area contributed by atoms with Gasteiger partial charge in [0.25, 0.3) is 0 Å². The van der Waals surface area contributed by atoms with E-state index in [1.807, 2.05) is 0 Å². The summed E-state index contributed by atoms with van der Waals surface area (Å²) in [6.07, 6.45) is 1.18. The summed E-state index contributed by atoms with van der Waals surface area (Å²) < 4.78 is 0. The Morgan fingerprint density at radius 1 is 1.24 bits per heavy atom. The fourth-order valence-corrected chi connectivity index (χ4v) is 3.29. The minimum Gasteiger partial charge on any atom is -0.370 e. The lowest BCUT2D eigenvalue weighted by atomic mass is 10.1. The van der Waals surface area contributed by atoms with E-state index in [0.717, 1.165) is 25.6 Å². The summed E-state index contributed by atoms with van der Waals surface area (Å²) in [4.78, 5) is 4.87. The standard InChI is InChI=1S/C18H31N3/c1-6-11-19-15(3)16-7-9-17(10-8-16)21-12-14(2)18(13-21)20(4)5/h7-10,14-15,18-19H,6,11-13H2,1-5H3. The summed E-state index contributed by atoms with van der Waals surface area (Å²) in [5, 5.41) is 3.55. The molecule has 0 aromatic heterocycles. The summed E-state index contributed by atoms with van der Waals surface area (Å²) in [7, 11) is 4.38. The predicted molar refractivity (Wildman–Crippen MR) is 92.0 cm³/mol. The van der Waals surface area contributed by atoms with E-state index < -0.39 is 0 Å². The molecule has 1 heterocycles. The third-order valence-electron chi connectivity index (χ3n) is 4.69. The second kappa shape index (κ2) is 7.28. The lowest BCUT2D eigenvalue weighted by Crippen LogP contribution is -2.34. The first-order valence-corrected chi connectivity index (χ1v) is 8.27. The Labute approximate surface area is 130 Å². The summed E-state index contributed by atoms with van der Waals surface area (Å²) >= 11 is 0. The lowest BCUT2D eigenvalue weighted by Gasteiger charge is -2.23. The molecule has 118 valence electrons. The highest BCUT2D eigenvalue weighted by molar-refractivity contribution is 5.49. The molecule has 2 rings (SSSR count). The zero-order valence-corrected chi connectivity index (χ0v) is 14.3. The first-order chi connectivity index (χ1) is 10.0. The average Bonchev–Trinajstić information content (AvgIpc) is 2.87. The second-order valence-electron chi connectivity index (χ2n) is 6.68. The second-order valence-corrected chi connectivity index (χ2v) is 6.68. The zero-order valence-electron chi connectivity index (χ0n) is 14.3. The van der Waals surface area contributed by atoms with Crippen LogP contribution < -0.4 is 10.2 Å². The Hall–Kier alpha value is -1.06. The van der Waals surface area contributed by atoms with E-state index in [1.165, 1.54) is 17.7 Å². The Morgan fingerprint density at radius 3 is 2.43 bits per heavy atom. The highest BCUT2D eigenvalue weighted by atomic mass is 15.2. The summed E-state index contributed by atoms with van der Waals surface area (Å²) in [6.45, 7) is 10.2. The van der Waals surface area contributed by atoms with Crippen molar-refractivity contribution in [3.8, 4) is 0 Å². The van der Waals surface area contributed by atoms with E-state index in [0.29, 0.717) is 12.1 Å². The molecule has 21 heavy (non-hydrogen) atoms. The Bertz CT molecular complexity index is 427. The van der Waals surface area contributed by atoms with Gasteiger partial charge in [0.05, 0.1) is 0 Å². The molecule has 0 aliphatic carbocycles. The van der Waals surface area contributed by atoms with Gasteiger partial charge in [0.2, 0.25) is 0 Å². The van der Waals surface area contributed by atoms with Crippen LogP contribution in [0.4, 0.5) is 5.69 Å². The fourth-order valence-electron chi connectivity index (χ4n) is 3.29. The van der Waals surface area contributed by atoms with Gasteiger partial charge >= 0.3 is 0 Å². The van der Waals surface area contributed by atoms with E-state index in [-0.39, 0.29) is 0 Å². The predicted octanol–water partition coefficient (Wildman–Crippen LogP) is 3.13. The van der Waals surface area contributed by atoms with Gasteiger partial charge in [-0.1, -0.05) is 26.0 Å². The van der Waals surface area contributed by atoms with Crippen molar-refractivity contribution in [1.29, 1.82) is 0 Å². The van der Waals surface area contributed by atoms with Crippen molar-refractivity contribution in [2.75, 3.05) is 38.6 Å². The third-order valence-corrected chi connectivity index (χ3v) is 4.69. The van der Waals surface area contributed by atoms with Crippen molar-refractivity contribution in [3.05, 3.63) is 29.8 Å². The molecule has 3 nitrogen and oxygen atoms in total. The smallest absolute Gasteiger partial charge is 0.0367 e. The van der Waals surface area contributed by atoms with Crippen LogP contribution in [0.15, 0.2) is 24.3 Å². The van der Waals surface area contributed by atoms with Crippen LogP contribution in [0.5, 0.6) is 0 Å². The largest absolute Gasteiger partial charge is 0.370 e. The van der Waals surface area contributed by atoms with Gasteiger partial charge in [0, 0.05) is 30.9 Å². The van der Waals surface area contributed by atoms with Crippen LogP contribution in [0.1, 0.15) is 38.8 Å². The summed E-state index contributed by atoms with van der Waals surface area (Å²) in [6, 6.07) is 10.2. The SMILES string of the molecule is CCCNC(C)c1ccc(N2CC(C)C(N(C)C)C2)cc1. The number of anilines is 1. The topological polar surface area (TPSA) is 18.5 Å². The van der Waals surface area contributed by atoms with Crippen LogP contribution in [0.2, 0.25) is 0 Å². The molecule has 1 aliphatic rings. The lowest BCUT2D eigenvalue weighted by molar-refractivity contribution is 0.266. The van der Waals surface area contributed by atoms with Gasteiger partial charge in [-0.3, -0.25) is 0 Å². The Morgan fingerprint density at radius 2 is 1.90 bits per heavy atom. The molecule has 3 unspecified atom stereocenters. The van der Waals surface area contributed by atoms with Crippen molar-refractivity contribution in [2.45, 2.75) is 39.3 Å². The molecule has 3 heteroatoms. The highest BCUT2D eigenvalue weighted by Crippen LogP contribution is 2.27. The molecule has 1 aliphatic heterocycles. The summed E-state index contributed by atoms with van der Waals surface area (Å²) in [5.41, 5.74) is 2.74. The number of benzene rings is 1. The van der Waals surface area contributed by atoms with Gasteiger partial charge < -0.3 is 15.1 Å². The molecule has 1 aromatic carbocycles. The fraction of sp³-hybridized carbons (Fsp3) is 0.667. The van der Waals surface area contributed by atoms with Crippen LogP contribution >= 0.6 is 0 Å². The molecule has 1 saturated heterocycles. The molecule has 3 atom stereocenters. The van der Waals surface area contributed by atoms with E-state index in [4.69, 9.17) is 0 Å². The van der Waals surface area contributed by atoms with Crippen LogP contribution in [-0.2, 0) is 0 Å². The molecular weight excluding hydrogens is 258 g/mol. The van der Waals surface area contributed by atoms with Crippen molar-refractivity contribution in [3.63, 3.8) is 0 Å². The number of nitrogens with one attached hydrogen (secondary N) is 1. The quantitative estimate of drug-likeness (QED) is 0.868. The van der Waals surface area contributed by atoms with E-state index in [2.05, 4.69) is 74.2 Å². The summed E-state index contributed by atoms with van der Waals surface area (Å²) in [5.74, 6) is 0.727. The van der Waals surface area contributed by atoms with Gasteiger partial charge in [0.15, 0.2) is 0 Å². The van der Waals surface area contributed by atoms with Crippen molar-refractivity contribution in [1.82, 2.24) is 10.2 Å². The maximum Gasteiger partial charge on any atom is 0.0367 e. The number of nitrogens with zero attached hydrogens (tertiary/aromatic N) is 2. The van der Waals surface area contributed by atoms with E-state index in [1.54, 1.807) is 0 Å². The van der Waals surface area contributed by atoms with Gasteiger partial charge in [-0.2, -0.15) is 0 Å². The first kappa shape index (κ1) is 16.3. The van der Waals surface area contributed by atoms with Gasteiger partial charge in [-0.15, -0.1) is 0 Å². The van der Waals surface area contributed by atoms with Gasteiger partial charge in [-0.05, 0) is 57.6 Å². The average molecular weight is 289 g/mol. The van der Waals surface area contributed by atoms with Gasteiger partial charge in [0.1, 0.15) is 0 Å². The van der Waals surface area contributed by atoms with Crippen LogP contribution in [0.3, 0.4) is 0 Å². The Balaban J connectivity index is 1.99. The molecule has 0 bridgehead atoms. The third kappa shape index (κ3) is 3.98. The number of hydrogen-bond donors (Lipinski definition) is 1. The Kier molecular flexibility index (Phi) is 5.65. The van der Waals surface area contributed by atoms with Crippen molar-refractivity contribution < 1.29 is 0 Å². The number of rotatable bonds is 6. The number of hydrogen-bond acceptors (Lipinski definition) is 3. The maximum atomic E-state index is 3.55. The molecule has 0 saturated carbocycles. The van der Waals surface area contributed by atoms with E-state index >= 15 is 0 Å². The first-order valence-electron chi connectivity index (χ1n) is 8.27. The van der Waals surface area contributed by atoms with Crippen molar-refractivity contribution >= 4 is 5.69 Å². The molecule has 0 amide bonds. The minimum atomic E-state index is 0.436. The van der Waals surface area contributed by atoms with Crippen LogP contribution in [0.25, 0.3) is 0 Å². The van der Waals surface area contributed by atoms with Gasteiger partial charge in [-0.25, -0.2) is 0 Å². The normalized spacial score (nSPS) is 23.8. The molecule has 0 spiro atoms. The monoisotopic (exact) mass is 289 g/mol.